The molecule has 14 heteroatoms. The van der Waals surface area contributed by atoms with Crippen LogP contribution in [0, 0.1) is 0 Å². The van der Waals surface area contributed by atoms with Gasteiger partial charge in [0.05, 0.1) is 27.5 Å². The van der Waals surface area contributed by atoms with E-state index in [1.54, 1.807) is 0 Å². The Bertz CT molecular complexity index is 1160. The van der Waals surface area contributed by atoms with E-state index < -0.39 is 48.4 Å². The van der Waals surface area contributed by atoms with E-state index in [1.165, 1.54) is 12.1 Å². The molecule has 0 radical (unpaired) electrons. The Balaban J connectivity index is 1.93. The molecule has 1 fully saturated rings. The summed E-state index contributed by atoms with van der Waals surface area (Å²) in [6, 6.07) is 4.87. The lowest BCUT2D eigenvalue weighted by Crippen LogP contribution is -2.25. The van der Waals surface area contributed by atoms with Crippen LogP contribution in [-0.4, -0.2) is 29.1 Å². The number of rotatable bonds is 4. The summed E-state index contributed by atoms with van der Waals surface area (Å²) in [5.74, 6) is -0.0432. The first-order valence-corrected chi connectivity index (χ1v) is 11.6. The van der Waals surface area contributed by atoms with Gasteiger partial charge >= 0.3 is 12.4 Å². The van der Waals surface area contributed by atoms with Crippen molar-refractivity contribution >= 4 is 31.4 Å². The van der Waals surface area contributed by atoms with Crippen molar-refractivity contribution < 1.29 is 43.2 Å². The predicted octanol–water partition coefficient (Wildman–Crippen LogP) is 4.06. The Morgan fingerprint density at radius 1 is 0.871 bits per heavy atom. The molecule has 1 aliphatic heterocycles. The van der Waals surface area contributed by atoms with Gasteiger partial charge in [0.25, 0.3) is 10.0 Å². The number of hydrogen-bond donors (Lipinski definition) is 1. The van der Waals surface area contributed by atoms with E-state index in [2.05, 4.69) is 0 Å². The van der Waals surface area contributed by atoms with Crippen LogP contribution in [0.4, 0.5) is 37.7 Å². The predicted molar refractivity (Wildman–Crippen MR) is 99.4 cm³/mol. The summed E-state index contributed by atoms with van der Waals surface area (Å²) >= 11 is 0. The second kappa shape index (κ2) is 7.58. The summed E-state index contributed by atoms with van der Waals surface area (Å²) in [7, 11) is -8.30. The molecule has 1 saturated heterocycles. The van der Waals surface area contributed by atoms with Crippen molar-refractivity contribution in [3.63, 3.8) is 0 Å². The first-order valence-electron chi connectivity index (χ1n) is 8.52. The number of sulfonamides is 2. The minimum atomic E-state index is -5.20. The van der Waals surface area contributed by atoms with E-state index in [0.29, 0.717) is 6.42 Å². The first kappa shape index (κ1) is 23.2. The third-order valence-electron chi connectivity index (χ3n) is 4.38. The van der Waals surface area contributed by atoms with Crippen LogP contribution in [0.15, 0.2) is 47.4 Å². The number of hydrogen-bond acceptors (Lipinski definition) is 4. The molecule has 0 amide bonds. The van der Waals surface area contributed by atoms with Crippen molar-refractivity contribution in [1.82, 2.24) is 0 Å². The lowest BCUT2D eigenvalue weighted by molar-refractivity contribution is -0.143. The van der Waals surface area contributed by atoms with E-state index >= 15 is 0 Å². The van der Waals surface area contributed by atoms with Gasteiger partial charge in [-0.15, -0.1) is 0 Å². The van der Waals surface area contributed by atoms with Gasteiger partial charge in [-0.3, -0.25) is 9.03 Å². The molecule has 6 nitrogen and oxygen atoms in total. The zero-order chi connectivity index (χ0) is 23.2. The fourth-order valence-electron chi connectivity index (χ4n) is 2.92. The van der Waals surface area contributed by atoms with Gasteiger partial charge in [-0.1, -0.05) is 0 Å². The Morgan fingerprint density at radius 2 is 1.39 bits per heavy atom. The largest absolute Gasteiger partial charge is 0.416 e. The van der Waals surface area contributed by atoms with E-state index in [4.69, 9.17) is 0 Å². The van der Waals surface area contributed by atoms with Crippen molar-refractivity contribution in [2.24, 2.45) is 0 Å². The normalized spacial score (nSPS) is 17.0. The summed E-state index contributed by atoms with van der Waals surface area (Å²) in [5.41, 5.74) is -3.46. The number of benzene rings is 2. The molecule has 0 spiro atoms. The van der Waals surface area contributed by atoms with Crippen molar-refractivity contribution in [3.8, 4) is 0 Å². The van der Waals surface area contributed by atoms with Crippen LogP contribution in [0.1, 0.15) is 17.5 Å². The fraction of sp³-hybridized carbons (Fsp3) is 0.294. The van der Waals surface area contributed by atoms with Gasteiger partial charge in [0.1, 0.15) is 0 Å². The van der Waals surface area contributed by atoms with Crippen molar-refractivity contribution in [3.05, 3.63) is 53.6 Å². The standard InChI is InChI=1S/C17H14F6N2O4S2/c18-16(19,20)11-8-12(17(21,22)23)10-15(9-11)31(28,29)24-13-2-4-14(5-3-13)25-6-1-7-30(25,26)27/h2-5,8-10,24H,1,6-7H2. The SMILES string of the molecule is O=S(=O)(Nc1ccc(N2CCCS2(=O)=O)cc1)c1cc(C(F)(F)F)cc(C(F)(F)F)c1. The van der Waals surface area contributed by atoms with Crippen LogP contribution >= 0.6 is 0 Å². The second-order valence-corrected chi connectivity index (χ2v) is 10.3. The Labute approximate surface area is 173 Å². The topological polar surface area (TPSA) is 83.6 Å². The zero-order valence-electron chi connectivity index (χ0n) is 15.3. The lowest BCUT2D eigenvalue weighted by Gasteiger charge is -2.18. The summed E-state index contributed by atoms with van der Waals surface area (Å²) < 4.78 is 130. The van der Waals surface area contributed by atoms with Gasteiger partial charge in [0.15, 0.2) is 0 Å². The smallest absolute Gasteiger partial charge is 0.280 e. The molecule has 0 aromatic heterocycles. The molecule has 0 bridgehead atoms. The van der Waals surface area contributed by atoms with Crippen molar-refractivity contribution in [2.45, 2.75) is 23.7 Å². The van der Waals surface area contributed by atoms with Gasteiger partial charge in [-0.2, -0.15) is 26.3 Å². The number of nitrogens with zero attached hydrogens (tertiary/aromatic N) is 1. The third-order valence-corrected chi connectivity index (χ3v) is 7.61. The molecular weight excluding hydrogens is 474 g/mol. The number of nitrogens with one attached hydrogen (secondary N) is 1. The summed E-state index contributed by atoms with van der Waals surface area (Å²) in [5, 5.41) is 0. The van der Waals surface area contributed by atoms with Crippen LogP contribution in [0.5, 0.6) is 0 Å². The molecule has 1 heterocycles. The molecule has 3 rings (SSSR count). The second-order valence-electron chi connectivity index (χ2n) is 6.64. The molecule has 0 atom stereocenters. The average molecular weight is 488 g/mol. The van der Waals surface area contributed by atoms with Crippen molar-refractivity contribution in [2.75, 3.05) is 21.3 Å². The quantitative estimate of drug-likeness (QED) is 0.658. The zero-order valence-corrected chi connectivity index (χ0v) is 17.0. The summed E-state index contributed by atoms with van der Waals surface area (Å²) in [4.78, 5) is -1.22. The van der Waals surface area contributed by atoms with Crippen LogP contribution in [0.2, 0.25) is 0 Å². The van der Waals surface area contributed by atoms with E-state index in [9.17, 15) is 43.2 Å². The minimum absolute atomic E-state index is 0.0432. The van der Waals surface area contributed by atoms with Crippen LogP contribution in [0.3, 0.4) is 0 Å². The monoisotopic (exact) mass is 488 g/mol. The first-order chi connectivity index (χ1) is 14.1. The molecule has 1 N–H and O–H groups in total. The maximum absolute atomic E-state index is 13.0. The summed E-state index contributed by atoms with van der Waals surface area (Å²) in [6.45, 7) is 0.234. The lowest BCUT2D eigenvalue weighted by atomic mass is 10.1. The number of halogens is 6. The minimum Gasteiger partial charge on any atom is -0.280 e. The molecule has 0 unspecified atom stereocenters. The molecular formula is C17H14F6N2O4S2. The highest BCUT2D eigenvalue weighted by Crippen LogP contribution is 2.37. The molecule has 2 aromatic carbocycles. The molecule has 2 aromatic rings. The average Bonchev–Trinajstić information content (AvgIpc) is 2.99. The maximum Gasteiger partial charge on any atom is 0.416 e. The van der Waals surface area contributed by atoms with E-state index in [-0.39, 0.29) is 41.9 Å². The highest BCUT2D eigenvalue weighted by atomic mass is 32.2. The van der Waals surface area contributed by atoms with Crippen LogP contribution in [0.25, 0.3) is 0 Å². The number of alkyl halides is 6. The highest BCUT2D eigenvalue weighted by molar-refractivity contribution is 7.93. The van der Waals surface area contributed by atoms with Crippen molar-refractivity contribution in [1.29, 1.82) is 0 Å². The van der Waals surface area contributed by atoms with Gasteiger partial charge in [-0.25, -0.2) is 16.8 Å². The van der Waals surface area contributed by atoms with E-state index in [0.717, 1.165) is 16.4 Å². The third kappa shape index (κ3) is 5.06. The molecule has 1 aliphatic rings. The summed E-state index contributed by atoms with van der Waals surface area (Å²) in [6.07, 6.45) is -9.99. The molecule has 0 saturated carbocycles. The fourth-order valence-corrected chi connectivity index (χ4v) is 5.61. The Hall–Kier alpha value is -2.48. The van der Waals surface area contributed by atoms with E-state index in [1.807, 2.05) is 4.72 Å². The van der Waals surface area contributed by atoms with Gasteiger partial charge in [-0.05, 0) is 48.9 Å². The van der Waals surface area contributed by atoms with Gasteiger partial charge in [0, 0.05) is 12.2 Å². The van der Waals surface area contributed by atoms with Crippen LogP contribution < -0.4 is 9.03 Å². The molecule has 0 aliphatic carbocycles. The van der Waals surface area contributed by atoms with Gasteiger partial charge in [0.2, 0.25) is 10.0 Å². The van der Waals surface area contributed by atoms with Crippen LogP contribution in [-0.2, 0) is 32.4 Å². The van der Waals surface area contributed by atoms with Gasteiger partial charge < -0.3 is 0 Å². The Morgan fingerprint density at radius 3 is 1.81 bits per heavy atom. The number of anilines is 2. The maximum atomic E-state index is 13.0. The highest BCUT2D eigenvalue weighted by Gasteiger charge is 2.38. The Kier molecular flexibility index (Phi) is 5.67. The molecule has 31 heavy (non-hydrogen) atoms. The molecule has 170 valence electrons.